The summed E-state index contributed by atoms with van der Waals surface area (Å²) in [5.41, 5.74) is 1.42. The molecule has 146 valence electrons. The number of nitrogens with zero attached hydrogens (tertiary/aromatic N) is 4. The van der Waals surface area contributed by atoms with Crippen LogP contribution >= 0.6 is 11.6 Å². The van der Waals surface area contributed by atoms with E-state index in [0.717, 1.165) is 24.8 Å². The van der Waals surface area contributed by atoms with Crippen LogP contribution in [0.3, 0.4) is 0 Å². The number of carbonyl (C=O) groups excluding carboxylic acids is 1. The van der Waals surface area contributed by atoms with Gasteiger partial charge < -0.3 is 4.90 Å². The number of aryl methyl sites for hydroxylation is 2. The number of sulfone groups is 1. The van der Waals surface area contributed by atoms with Gasteiger partial charge >= 0.3 is 0 Å². The molecule has 1 atom stereocenters. The fourth-order valence-electron chi connectivity index (χ4n) is 3.42. The summed E-state index contributed by atoms with van der Waals surface area (Å²) in [7, 11) is -3.45. The standard InChI is InChI=1S/C18H23ClN4O3S/c1-13-5-8-23(21-13)9-6-17(24)22-7-3-4-14(12-22)18-16(27(2,25)26)10-15(19)11-20-18/h5,8,10-11,14H,3-4,6-7,9,12H2,1-2H3. The van der Waals surface area contributed by atoms with Crippen LogP contribution in [-0.4, -0.2) is 53.3 Å². The van der Waals surface area contributed by atoms with Gasteiger partial charge in [-0.3, -0.25) is 14.5 Å². The fourth-order valence-corrected chi connectivity index (χ4v) is 4.58. The van der Waals surface area contributed by atoms with Crippen LogP contribution in [0.25, 0.3) is 0 Å². The molecule has 1 unspecified atom stereocenters. The van der Waals surface area contributed by atoms with Crippen LogP contribution in [-0.2, 0) is 21.2 Å². The van der Waals surface area contributed by atoms with E-state index in [1.807, 2.05) is 19.2 Å². The number of piperidine rings is 1. The van der Waals surface area contributed by atoms with Crippen molar-refractivity contribution in [3.8, 4) is 0 Å². The minimum absolute atomic E-state index is 0.0442. The maximum Gasteiger partial charge on any atom is 0.224 e. The first-order valence-corrected chi connectivity index (χ1v) is 11.1. The smallest absolute Gasteiger partial charge is 0.224 e. The molecule has 0 aromatic carbocycles. The molecule has 1 saturated heterocycles. The predicted octanol–water partition coefficient (Wildman–Crippen LogP) is 2.44. The van der Waals surface area contributed by atoms with E-state index in [0.29, 0.717) is 31.7 Å². The van der Waals surface area contributed by atoms with Gasteiger partial charge in [-0.25, -0.2) is 8.42 Å². The van der Waals surface area contributed by atoms with Crippen LogP contribution in [0.4, 0.5) is 0 Å². The Morgan fingerprint density at radius 3 is 2.85 bits per heavy atom. The monoisotopic (exact) mass is 410 g/mol. The Bertz CT molecular complexity index is 942. The number of likely N-dealkylation sites (tertiary alicyclic amines) is 1. The van der Waals surface area contributed by atoms with Gasteiger partial charge in [-0.1, -0.05) is 11.6 Å². The quantitative estimate of drug-likeness (QED) is 0.755. The maximum absolute atomic E-state index is 12.6. The number of pyridine rings is 1. The molecule has 1 amide bonds. The molecule has 1 aliphatic heterocycles. The van der Waals surface area contributed by atoms with Crippen LogP contribution < -0.4 is 0 Å². The van der Waals surface area contributed by atoms with Gasteiger partial charge in [0.2, 0.25) is 5.91 Å². The highest BCUT2D eigenvalue weighted by Crippen LogP contribution is 2.31. The molecule has 27 heavy (non-hydrogen) atoms. The molecule has 0 N–H and O–H groups in total. The van der Waals surface area contributed by atoms with E-state index >= 15 is 0 Å². The Morgan fingerprint density at radius 1 is 1.41 bits per heavy atom. The van der Waals surface area contributed by atoms with Crippen LogP contribution in [0.5, 0.6) is 0 Å². The second-order valence-corrected chi connectivity index (χ2v) is 9.38. The van der Waals surface area contributed by atoms with E-state index in [-0.39, 0.29) is 21.7 Å². The third-order valence-corrected chi connectivity index (χ3v) is 6.07. The molecule has 2 aromatic heterocycles. The second-order valence-electron chi connectivity index (χ2n) is 6.96. The molecule has 7 nitrogen and oxygen atoms in total. The molecule has 0 saturated carbocycles. The summed E-state index contributed by atoms with van der Waals surface area (Å²) >= 11 is 5.94. The zero-order chi connectivity index (χ0) is 19.6. The summed E-state index contributed by atoms with van der Waals surface area (Å²) in [4.78, 5) is 18.9. The van der Waals surface area contributed by atoms with E-state index in [9.17, 15) is 13.2 Å². The Kier molecular flexibility index (Phi) is 5.86. The predicted molar refractivity (Wildman–Crippen MR) is 102 cm³/mol. The Labute approximate surface area is 164 Å². The lowest BCUT2D eigenvalue weighted by molar-refractivity contribution is -0.132. The van der Waals surface area contributed by atoms with E-state index in [2.05, 4.69) is 10.1 Å². The lowest BCUT2D eigenvalue weighted by Gasteiger charge is -2.33. The molecule has 0 radical (unpaired) electrons. The first-order chi connectivity index (χ1) is 12.7. The van der Waals surface area contributed by atoms with Crippen molar-refractivity contribution in [1.82, 2.24) is 19.7 Å². The largest absolute Gasteiger partial charge is 0.342 e. The Morgan fingerprint density at radius 2 is 2.19 bits per heavy atom. The van der Waals surface area contributed by atoms with Crippen molar-refractivity contribution >= 4 is 27.3 Å². The van der Waals surface area contributed by atoms with Crippen LogP contribution in [0.15, 0.2) is 29.4 Å². The van der Waals surface area contributed by atoms with E-state index in [4.69, 9.17) is 11.6 Å². The van der Waals surface area contributed by atoms with Gasteiger partial charge in [0.25, 0.3) is 0 Å². The SMILES string of the molecule is Cc1ccn(CCC(=O)N2CCCC(c3ncc(Cl)cc3S(C)(=O)=O)C2)n1. The first kappa shape index (κ1) is 19.8. The van der Waals surface area contributed by atoms with Crippen molar-refractivity contribution in [1.29, 1.82) is 0 Å². The highest BCUT2D eigenvalue weighted by atomic mass is 35.5. The number of hydrogen-bond acceptors (Lipinski definition) is 5. The summed E-state index contributed by atoms with van der Waals surface area (Å²) in [6.07, 6.45) is 6.44. The lowest BCUT2D eigenvalue weighted by atomic mass is 9.94. The molecular formula is C18H23ClN4O3S. The molecule has 3 rings (SSSR count). The molecular weight excluding hydrogens is 388 g/mol. The number of aromatic nitrogens is 3. The fraction of sp³-hybridized carbons (Fsp3) is 0.500. The van der Waals surface area contributed by atoms with E-state index in [1.165, 1.54) is 12.3 Å². The minimum atomic E-state index is -3.45. The molecule has 0 aliphatic carbocycles. The molecule has 9 heteroatoms. The highest BCUT2D eigenvalue weighted by Gasteiger charge is 2.29. The van der Waals surface area contributed by atoms with Gasteiger partial charge in [0.15, 0.2) is 9.84 Å². The van der Waals surface area contributed by atoms with Crippen molar-refractivity contribution in [3.05, 3.63) is 40.9 Å². The molecule has 0 spiro atoms. The third-order valence-electron chi connectivity index (χ3n) is 4.74. The van der Waals surface area contributed by atoms with E-state index < -0.39 is 9.84 Å². The number of rotatable bonds is 5. The van der Waals surface area contributed by atoms with Crippen molar-refractivity contribution in [2.45, 2.75) is 43.5 Å². The van der Waals surface area contributed by atoms with Crippen molar-refractivity contribution < 1.29 is 13.2 Å². The van der Waals surface area contributed by atoms with Crippen LogP contribution in [0, 0.1) is 6.92 Å². The maximum atomic E-state index is 12.6. The summed E-state index contributed by atoms with van der Waals surface area (Å²) in [6.45, 7) is 3.58. The summed E-state index contributed by atoms with van der Waals surface area (Å²) in [6, 6.07) is 3.35. The molecule has 2 aromatic rings. The highest BCUT2D eigenvalue weighted by molar-refractivity contribution is 7.90. The van der Waals surface area contributed by atoms with Crippen LogP contribution in [0.2, 0.25) is 5.02 Å². The van der Waals surface area contributed by atoms with Crippen molar-refractivity contribution in [2.75, 3.05) is 19.3 Å². The zero-order valence-corrected chi connectivity index (χ0v) is 17.0. The molecule has 1 aliphatic rings. The van der Waals surface area contributed by atoms with Gasteiger partial charge in [-0.2, -0.15) is 5.10 Å². The number of amides is 1. The molecule has 3 heterocycles. The zero-order valence-electron chi connectivity index (χ0n) is 15.4. The second kappa shape index (κ2) is 7.98. The number of hydrogen-bond donors (Lipinski definition) is 0. The normalized spacial score (nSPS) is 17.9. The summed E-state index contributed by atoms with van der Waals surface area (Å²) in [5, 5.41) is 4.58. The number of halogens is 1. The molecule has 1 fully saturated rings. The minimum Gasteiger partial charge on any atom is -0.342 e. The van der Waals surface area contributed by atoms with Gasteiger partial charge in [0, 0.05) is 50.6 Å². The Balaban J connectivity index is 1.72. The molecule has 0 bridgehead atoms. The van der Waals surface area contributed by atoms with Crippen LogP contribution in [0.1, 0.15) is 36.6 Å². The van der Waals surface area contributed by atoms with Gasteiger partial charge in [0.1, 0.15) is 0 Å². The average molecular weight is 411 g/mol. The third kappa shape index (κ3) is 4.87. The topological polar surface area (TPSA) is 85.2 Å². The van der Waals surface area contributed by atoms with Crippen molar-refractivity contribution in [2.24, 2.45) is 0 Å². The van der Waals surface area contributed by atoms with Gasteiger partial charge in [0.05, 0.1) is 21.3 Å². The van der Waals surface area contributed by atoms with Gasteiger partial charge in [-0.05, 0) is 31.9 Å². The van der Waals surface area contributed by atoms with Gasteiger partial charge in [-0.15, -0.1) is 0 Å². The summed E-state index contributed by atoms with van der Waals surface area (Å²) in [5.74, 6) is -0.0700. The first-order valence-electron chi connectivity index (χ1n) is 8.87. The summed E-state index contributed by atoms with van der Waals surface area (Å²) < 4.78 is 26.0. The van der Waals surface area contributed by atoms with E-state index in [1.54, 1.807) is 9.58 Å². The Hall–Kier alpha value is -1.93. The average Bonchev–Trinajstić information content (AvgIpc) is 3.04. The number of carbonyl (C=O) groups is 1. The van der Waals surface area contributed by atoms with Crippen molar-refractivity contribution in [3.63, 3.8) is 0 Å². The lowest BCUT2D eigenvalue weighted by Crippen LogP contribution is -2.40.